The second-order valence-corrected chi connectivity index (χ2v) is 5.20. The number of hydrogen-bond donors (Lipinski definition) is 1. The first-order valence-corrected chi connectivity index (χ1v) is 7.58. The van der Waals surface area contributed by atoms with Gasteiger partial charge in [-0.1, -0.05) is 59.3 Å². The van der Waals surface area contributed by atoms with Gasteiger partial charge in [0, 0.05) is 19.3 Å². The third kappa shape index (κ3) is 15.9. The van der Waals surface area contributed by atoms with Crippen LogP contribution in [0.3, 0.4) is 0 Å². The van der Waals surface area contributed by atoms with Crippen molar-refractivity contribution in [2.45, 2.75) is 78.2 Å². The fraction of sp³-hybridized carbons (Fsp3) is 1.00. The zero-order valence-electron chi connectivity index (χ0n) is 12.3. The number of ether oxygens (including phenoxy) is 1. The predicted molar refractivity (Wildman–Crippen MR) is 76.6 cm³/mol. The van der Waals surface area contributed by atoms with E-state index in [1.54, 1.807) is 0 Å². The van der Waals surface area contributed by atoms with E-state index in [2.05, 4.69) is 26.1 Å². The summed E-state index contributed by atoms with van der Waals surface area (Å²) in [6, 6.07) is 0.595. The average molecular weight is 243 g/mol. The molecule has 0 saturated carbocycles. The van der Waals surface area contributed by atoms with Gasteiger partial charge in [0.05, 0.1) is 0 Å². The van der Waals surface area contributed by atoms with E-state index in [1.165, 1.54) is 44.9 Å². The Bertz CT molecular complexity index is 137. The van der Waals surface area contributed by atoms with Gasteiger partial charge in [0.25, 0.3) is 0 Å². The normalized spacial score (nSPS) is 11.3. The highest BCUT2D eigenvalue weighted by atomic mass is 16.5. The summed E-state index contributed by atoms with van der Waals surface area (Å²) in [6.45, 7) is 9.57. The lowest BCUT2D eigenvalue weighted by Gasteiger charge is -2.08. The van der Waals surface area contributed by atoms with Crippen molar-refractivity contribution in [1.29, 1.82) is 0 Å². The molecule has 0 fully saturated rings. The molecule has 0 aliphatic carbocycles. The number of unbranched alkanes of at least 4 members (excludes halogenated alkanes) is 6. The molecule has 1 N–H and O–H groups in total. The summed E-state index contributed by atoms with van der Waals surface area (Å²) in [7, 11) is 0. The topological polar surface area (TPSA) is 21.3 Å². The van der Waals surface area contributed by atoms with E-state index in [0.717, 1.165) is 26.2 Å². The van der Waals surface area contributed by atoms with E-state index in [4.69, 9.17) is 4.74 Å². The summed E-state index contributed by atoms with van der Waals surface area (Å²) in [5.74, 6) is 0. The molecule has 0 unspecified atom stereocenters. The van der Waals surface area contributed by atoms with Crippen LogP contribution in [0.15, 0.2) is 0 Å². The van der Waals surface area contributed by atoms with Crippen LogP contribution in [-0.2, 0) is 4.74 Å². The van der Waals surface area contributed by atoms with Gasteiger partial charge in [0.1, 0.15) is 0 Å². The molecule has 0 aromatic rings. The van der Waals surface area contributed by atoms with E-state index < -0.39 is 0 Å². The molecule has 104 valence electrons. The van der Waals surface area contributed by atoms with Crippen molar-refractivity contribution in [3.8, 4) is 0 Å². The lowest BCUT2D eigenvalue weighted by Crippen LogP contribution is -2.24. The Hall–Kier alpha value is -0.0800. The Balaban J connectivity index is 2.89. The first kappa shape index (κ1) is 16.9. The molecule has 0 aliphatic heterocycles. The van der Waals surface area contributed by atoms with Crippen LogP contribution in [0.1, 0.15) is 72.1 Å². The third-order valence-electron chi connectivity index (χ3n) is 2.91. The van der Waals surface area contributed by atoms with Crippen LogP contribution in [0, 0.1) is 0 Å². The molecule has 0 aliphatic rings. The van der Waals surface area contributed by atoms with Crippen molar-refractivity contribution in [2.24, 2.45) is 0 Å². The second kappa shape index (κ2) is 14.0. The molecule has 2 nitrogen and oxygen atoms in total. The van der Waals surface area contributed by atoms with Crippen LogP contribution in [0.25, 0.3) is 0 Å². The maximum atomic E-state index is 5.60. The Morgan fingerprint density at radius 1 is 0.824 bits per heavy atom. The molecular formula is C15H33NO. The summed E-state index contributed by atoms with van der Waals surface area (Å²) in [5, 5.41) is 3.40. The zero-order chi connectivity index (χ0) is 12.8. The molecule has 0 aromatic heterocycles. The van der Waals surface area contributed by atoms with Gasteiger partial charge in [-0.2, -0.15) is 0 Å². The monoisotopic (exact) mass is 243 g/mol. The lowest BCUT2D eigenvalue weighted by atomic mass is 10.1. The summed E-state index contributed by atoms with van der Waals surface area (Å²) in [6.07, 6.45) is 10.7. The summed E-state index contributed by atoms with van der Waals surface area (Å²) < 4.78 is 5.60. The molecule has 0 bridgehead atoms. The van der Waals surface area contributed by atoms with Crippen molar-refractivity contribution < 1.29 is 4.74 Å². The van der Waals surface area contributed by atoms with Gasteiger partial charge in [-0.25, -0.2) is 0 Å². The molecular weight excluding hydrogens is 210 g/mol. The SMILES string of the molecule is CCCCCCCCCOCCCNC(C)C. The largest absolute Gasteiger partial charge is 0.381 e. The van der Waals surface area contributed by atoms with Crippen molar-refractivity contribution >= 4 is 0 Å². The van der Waals surface area contributed by atoms with Gasteiger partial charge in [-0.15, -0.1) is 0 Å². The maximum absolute atomic E-state index is 5.60. The summed E-state index contributed by atoms with van der Waals surface area (Å²) in [4.78, 5) is 0. The highest BCUT2D eigenvalue weighted by Gasteiger charge is 1.93. The minimum atomic E-state index is 0.595. The van der Waals surface area contributed by atoms with Crippen LogP contribution in [-0.4, -0.2) is 25.8 Å². The molecule has 0 aromatic carbocycles. The second-order valence-electron chi connectivity index (χ2n) is 5.20. The van der Waals surface area contributed by atoms with E-state index in [1.807, 2.05) is 0 Å². The van der Waals surface area contributed by atoms with E-state index in [0.29, 0.717) is 6.04 Å². The highest BCUT2D eigenvalue weighted by Crippen LogP contribution is 2.06. The molecule has 17 heavy (non-hydrogen) atoms. The smallest absolute Gasteiger partial charge is 0.0478 e. The lowest BCUT2D eigenvalue weighted by molar-refractivity contribution is 0.127. The molecule has 0 rings (SSSR count). The molecule has 0 saturated heterocycles. The van der Waals surface area contributed by atoms with Gasteiger partial charge in [-0.3, -0.25) is 0 Å². The highest BCUT2D eigenvalue weighted by molar-refractivity contribution is 4.52. The zero-order valence-corrected chi connectivity index (χ0v) is 12.3. The molecule has 0 atom stereocenters. The van der Waals surface area contributed by atoms with Crippen LogP contribution in [0.4, 0.5) is 0 Å². The quantitative estimate of drug-likeness (QED) is 0.491. The van der Waals surface area contributed by atoms with Crippen molar-refractivity contribution in [3.05, 3.63) is 0 Å². The Morgan fingerprint density at radius 2 is 1.41 bits per heavy atom. The Morgan fingerprint density at radius 3 is 2.06 bits per heavy atom. The van der Waals surface area contributed by atoms with Gasteiger partial charge >= 0.3 is 0 Å². The van der Waals surface area contributed by atoms with Gasteiger partial charge < -0.3 is 10.1 Å². The fourth-order valence-electron chi connectivity index (χ4n) is 1.83. The van der Waals surface area contributed by atoms with E-state index >= 15 is 0 Å². The van der Waals surface area contributed by atoms with Gasteiger partial charge in [-0.05, 0) is 19.4 Å². The minimum Gasteiger partial charge on any atom is -0.381 e. The maximum Gasteiger partial charge on any atom is 0.0478 e. The molecule has 0 radical (unpaired) electrons. The number of rotatable bonds is 13. The molecule has 2 heteroatoms. The molecule has 0 amide bonds. The van der Waals surface area contributed by atoms with E-state index in [9.17, 15) is 0 Å². The van der Waals surface area contributed by atoms with Gasteiger partial charge in [0.2, 0.25) is 0 Å². The van der Waals surface area contributed by atoms with Gasteiger partial charge in [0.15, 0.2) is 0 Å². The standard InChI is InChI=1S/C15H33NO/c1-4-5-6-7-8-9-10-13-17-14-11-12-16-15(2)3/h15-16H,4-14H2,1-3H3. The number of hydrogen-bond acceptors (Lipinski definition) is 2. The van der Waals surface area contributed by atoms with Crippen molar-refractivity contribution in [3.63, 3.8) is 0 Å². The first-order chi connectivity index (χ1) is 8.27. The Kier molecular flexibility index (Phi) is 13.9. The number of nitrogens with one attached hydrogen (secondary N) is 1. The van der Waals surface area contributed by atoms with Crippen molar-refractivity contribution in [2.75, 3.05) is 19.8 Å². The Labute approximate surface area is 109 Å². The van der Waals surface area contributed by atoms with E-state index in [-0.39, 0.29) is 0 Å². The molecule has 0 heterocycles. The average Bonchev–Trinajstić information content (AvgIpc) is 2.30. The van der Waals surface area contributed by atoms with Crippen molar-refractivity contribution in [1.82, 2.24) is 5.32 Å². The van der Waals surface area contributed by atoms with Crippen LogP contribution >= 0.6 is 0 Å². The van der Waals surface area contributed by atoms with Crippen LogP contribution in [0.5, 0.6) is 0 Å². The third-order valence-corrected chi connectivity index (χ3v) is 2.91. The van der Waals surface area contributed by atoms with Crippen LogP contribution in [0.2, 0.25) is 0 Å². The minimum absolute atomic E-state index is 0.595. The fourth-order valence-corrected chi connectivity index (χ4v) is 1.83. The predicted octanol–water partition coefficient (Wildman–Crippen LogP) is 4.14. The molecule has 0 spiro atoms. The van der Waals surface area contributed by atoms with Crippen LogP contribution < -0.4 is 5.32 Å². The summed E-state index contributed by atoms with van der Waals surface area (Å²) >= 11 is 0. The summed E-state index contributed by atoms with van der Waals surface area (Å²) in [5.41, 5.74) is 0. The first-order valence-electron chi connectivity index (χ1n) is 7.58.